The van der Waals surface area contributed by atoms with Gasteiger partial charge in [-0.25, -0.2) is 27.7 Å². The monoisotopic (exact) mass is 1100 g/mol. The lowest BCUT2D eigenvalue weighted by molar-refractivity contribution is -0.154. The van der Waals surface area contributed by atoms with E-state index in [4.69, 9.17) is 14.3 Å². The second kappa shape index (κ2) is 24.8. The lowest BCUT2D eigenvalue weighted by Crippen LogP contribution is -2.71. The van der Waals surface area contributed by atoms with Crippen molar-refractivity contribution in [1.29, 1.82) is 0 Å². The van der Waals surface area contributed by atoms with Crippen molar-refractivity contribution in [3.05, 3.63) is 213 Å². The van der Waals surface area contributed by atoms with Gasteiger partial charge < -0.3 is 19.6 Å². The maximum Gasteiger partial charge on any atom is 0.413 e. The molecule has 0 bridgehead atoms. The van der Waals surface area contributed by atoms with Gasteiger partial charge in [0.2, 0.25) is 15.6 Å². The molecular formula is C55H54N6O9S5. The van der Waals surface area contributed by atoms with Crippen molar-refractivity contribution >= 4 is 91.4 Å². The molecule has 1 aromatic heterocycles. The smallest absolute Gasteiger partial charge is 0.413 e. The molecule has 8 rings (SSSR count). The standard InChI is InChI=1S/C55H54N6O9S5/c1-54(2,3)69-53(65)59-52-57-42(35-74-52)44(60-70-55(39-25-14-7-15-26-39,40-27-16-8-17-28-40)41-29-18-9-19-30-41)48(62)58-45-49(63)61-46(43(36-73-50(45)61)72-33-20-32-71-34-31-56-75(4,66)67)51(64)68-47(37-21-10-5-11-22-37)38-23-12-6-13-24-38/h5-30,33,35,45,47,50,56H,31-32,34,36H2,1-4H3,(H,58,62)(H,57,59,65)/b33-20-,60-44-/t45?,50-/m1/s1. The summed E-state index contributed by atoms with van der Waals surface area (Å²) in [5.41, 5.74) is 1.18. The fourth-order valence-electron chi connectivity index (χ4n) is 8.07. The van der Waals surface area contributed by atoms with Crippen molar-refractivity contribution in [2.24, 2.45) is 5.16 Å². The Morgan fingerprint density at radius 3 is 1.92 bits per heavy atom. The molecule has 388 valence electrons. The van der Waals surface area contributed by atoms with E-state index in [1.54, 1.807) is 26.2 Å². The number of aromatic nitrogens is 1. The van der Waals surface area contributed by atoms with Crippen LogP contribution in [0.3, 0.4) is 0 Å². The van der Waals surface area contributed by atoms with Gasteiger partial charge in [0.1, 0.15) is 28.4 Å². The first kappa shape index (κ1) is 54.6. The summed E-state index contributed by atoms with van der Waals surface area (Å²) >= 11 is 5.22. The normalized spacial score (nSPS) is 16.0. The van der Waals surface area contributed by atoms with E-state index < -0.39 is 62.6 Å². The predicted molar refractivity (Wildman–Crippen MR) is 299 cm³/mol. The van der Waals surface area contributed by atoms with Crippen LogP contribution in [-0.4, -0.2) is 95.0 Å². The van der Waals surface area contributed by atoms with Gasteiger partial charge in [-0.3, -0.25) is 19.8 Å². The Hall–Kier alpha value is -6.68. The molecule has 3 amide bonds. The highest BCUT2D eigenvalue weighted by Gasteiger charge is 2.55. The van der Waals surface area contributed by atoms with Crippen molar-refractivity contribution < 1.29 is 41.9 Å². The Bertz CT molecular complexity index is 3020. The van der Waals surface area contributed by atoms with Gasteiger partial charge in [-0.15, -0.1) is 23.1 Å². The summed E-state index contributed by atoms with van der Waals surface area (Å²) < 4.78 is 37.3. The van der Waals surface area contributed by atoms with E-state index in [1.807, 2.05) is 163 Å². The highest BCUT2D eigenvalue weighted by atomic mass is 32.2. The largest absolute Gasteiger partial charge is 0.448 e. The van der Waals surface area contributed by atoms with Crippen LogP contribution in [0.4, 0.5) is 9.93 Å². The number of anilines is 1. The van der Waals surface area contributed by atoms with E-state index in [1.165, 1.54) is 40.2 Å². The zero-order valence-corrected chi connectivity index (χ0v) is 45.4. The number of sulfonamides is 1. The number of rotatable bonds is 21. The first-order valence-electron chi connectivity index (χ1n) is 23.6. The minimum absolute atomic E-state index is 0.0406. The number of ether oxygens (including phenoxy) is 2. The van der Waals surface area contributed by atoms with Gasteiger partial charge in [0.05, 0.1) is 6.26 Å². The molecule has 0 spiro atoms. The molecule has 75 heavy (non-hydrogen) atoms. The number of nitrogens with one attached hydrogen (secondary N) is 3. The molecule has 0 radical (unpaired) electrons. The number of esters is 1. The molecular weight excluding hydrogens is 1050 g/mol. The van der Waals surface area contributed by atoms with Gasteiger partial charge in [0.15, 0.2) is 16.9 Å². The number of thiazole rings is 1. The van der Waals surface area contributed by atoms with Crippen LogP contribution < -0.4 is 15.4 Å². The number of carbonyl (C=O) groups is 4. The van der Waals surface area contributed by atoms with Crippen molar-refractivity contribution in [1.82, 2.24) is 19.9 Å². The molecule has 6 aromatic rings. The van der Waals surface area contributed by atoms with Gasteiger partial charge in [0.25, 0.3) is 11.8 Å². The average Bonchev–Trinajstić information content (AvgIpc) is 3.87. The summed E-state index contributed by atoms with van der Waals surface area (Å²) in [6.07, 6.45) is 1.45. The first-order valence-corrected chi connectivity index (χ1v) is 29.5. The molecule has 15 nitrogen and oxygen atoms in total. The van der Waals surface area contributed by atoms with E-state index in [9.17, 15) is 27.6 Å². The lowest BCUT2D eigenvalue weighted by atomic mass is 9.80. The quantitative estimate of drug-likeness (QED) is 0.0154. The van der Waals surface area contributed by atoms with Crippen LogP contribution >= 0.6 is 46.6 Å². The van der Waals surface area contributed by atoms with Crippen LogP contribution in [0.1, 0.15) is 60.4 Å². The molecule has 3 N–H and O–H groups in total. The van der Waals surface area contributed by atoms with Crippen LogP contribution in [0.5, 0.6) is 0 Å². The second-order valence-electron chi connectivity index (χ2n) is 17.9. The zero-order chi connectivity index (χ0) is 53.0. The van der Waals surface area contributed by atoms with Crippen molar-refractivity contribution in [2.45, 2.75) is 49.5 Å². The van der Waals surface area contributed by atoms with Crippen LogP contribution in [-0.2, 0) is 44.3 Å². The Kier molecular flexibility index (Phi) is 18.0. The minimum Gasteiger partial charge on any atom is -0.448 e. The van der Waals surface area contributed by atoms with Crippen molar-refractivity contribution in [3.8, 4) is 0 Å². The summed E-state index contributed by atoms with van der Waals surface area (Å²) in [5.74, 6) is -0.686. The van der Waals surface area contributed by atoms with Gasteiger partial charge in [-0.2, -0.15) is 11.8 Å². The van der Waals surface area contributed by atoms with E-state index in [0.29, 0.717) is 33.1 Å². The van der Waals surface area contributed by atoms with E-state index in [2.05, 4.69) is 25.5 Å². The molecule has 3 heterocycles. The number of hydrogen-bond acceptors (Lipinski definition) is 15. The number of β-lactam (4-membered cyclic amide) rings is 1. The third-order valence-corrected chi connectivity index (χ3v) is 16.2. The molecule has 0 saturated carbocycles. The molecule has 20 heteroatoms. The van der Waals surface area contributed by atoms with Crippen LogP contribution in [0, 0.1) is 0 Å². The molecule has 1 saturated heterocycles. The summed E-state index contributed by atoms with van der Waals surface area (Å²) in [7, 11) is -3.30. The predicted octanol–water partition coefficient (Wildman–Crippen LogP) is 9.68. The maximum atomic E-state index is 15.0. The van der Waals surface area contributed by atoms with Crippen LogP contribution in [0.25, 0.3) is 0 Å². The molecule has 1 unspecified atom stereocenters. The number of carbonyl (C=O) groups excluding carboxylic acids is 4. The van der Waals surface area contributed by atoms with E-state index >= 15 is 0 Å². The minimum atomic E-state index is -3.30. The second-order valence-corrected chi connectivity index (χ2v) is 23.9. The maximum absolute atomic E-state index is 15.0. The fourth-order valence-corrected chi connectivity index (χ4v) is 12.4. The molecule has 0 aliphatic carbocycles. The Labute approximate surface area is 453 Å². The van der Waals surface area contributed by atoms with Gasteiger partial charge in [0, 0.05) is 50.8 Å². The van der Waals surface area contributed by atoms with E-state index in [0.717, 1.165) is 28.7 Å². The highest BCUT2D eigenvalue weighted by Crippen LogP contribution is 2.45. The summed E-state index contributed by atoms with van der Waals surface area (Å²) in [6.45, 7) is 5.49. The third-order valence-electron chi connectivity index (χ3n) is 11.4. The molecule has 2 aliphatic rings. The zero-order valence-electron chi connectivity index (χ0n) is 41.3. The van der Waals surface area contributed by atoms with Crippen LogP contribution in [0.2, 0.25) is 0 Å². The van der Waals surface area contributed by atoms with Crippen LogP contribution in [0.15, 0.2) is 184 Å². The number of thioether (sulfide) groups is 3. The molecule has 2 aliphatic heterocycles. The number of oxime groups is 1. The van der Waals surface area contributed by atoms with E-state index in [-0.39, 0.29) is 34.5 Å². The number of hydrogen-bond donors (Lipinski definition) is 3. The van der Waals surface area contributed by atoms with Crippen molar-refractivity contribution in [3.63, 3.8) is 0 Å². The van der Waals surface area contributed by atoms with Gasteiger partial charge in [-0.1, -0.05) is 175 Å². The van der Waals surface area contributed by atoms with Gasteiger partial charge in [-0.05, 0) is 37.3 Å². The highest BCUT2D eigenvalue weighted by molar-refractivity contribution is 8.08. The molecule has 2 atom stereocenters. The Balaban J connectivity index is 1.12. The molecule has 1 fully saturated rings. The van der Waals surface area contributed by atoms with Crippen molar-refractivity contribution in [2.75, 3.05) is 35.4 Å². The summed E-state index contributed by atoms with van der Waals surface area (Å²) in [6, 6.07) is 45.9. The number of fused-ring (bicyclic) bond motifs is 1. The first-order chi connectivity index (χ1) is 36.1. The fraction of sp³-hybridized carbons (Fsp3) is 0.236. The Morgan fingerprint density at radius 1 is 0.840 bits per heavy atom. The summed E-state index contributed by atoms with van der Waals surface area (Å²) in [5, 5.41) is 13.0. The lowest BCUT2D eigenvalue weighted by Gasteiger charge is -2.49. The number of benzene rings is 5. The number of amides is 3. The average molecular weight is 1100 g/mol. The third kappa shape index (κ3) is 13.8. The SMILES string of the molecule is CC(C)(C)OC(=O)Nc1nc(/C(=N/OC(c2ccccc2)(c2ccccc2)c2ccccc2)C(=O)NC2C(=O)N3C(C(=O)OC(c4ccccc4)c4ccccc4)=C(S/C=C\CSCCNS(C)(=O)=O)CS[C@H]23)cs1. The summed E-state index contributed by atoms with van der Waals surface area (Å²) in [4.78, 5) is 70.6. The number of nitrogens with zero attached hydrogens (tertiary/aromatic N) is 3. The Morgan fingerprint density at radius 2 is 1.39 bits per heavy atom. The van der Waals surface area contributed by atoms with Gasteiger partial charge >= 0.3 is 12.1 Å². The molecule has 5 aromatic carbocycles. The topological polar surface area (TPSA) is 195 Å².